The van der Waals surface area contributed by atoms with Crippen molar-refractivity contribution in [3.63, 3.8) is 0 Å². The molecule has 3 atom stereocenters. The van der Waals surface area contributed by atoms with Gasteiger partial charge in [0.15, 0.2) is 17.0 Å². The highest BCUT2D eigenvalue weighted by molar-refractivity contribution is 5.86. The first-order valence-electron chi connectivity index (χ1n) is 8.53. The number of aryl methyl sites for hydroxylation is 2. The van der Waals surface area contributed by atoms with Crippen molar-refractivity contribution in [1.29, 1.82) is 0 Å². The van der Waals surface area contributed by atoms with Crippen molar-refractivity contribution in [3.05, 3.63) is 42.0 Å². The molecule has 0 bridgehead atoms. The first kappa shape index (κ1) is 16.9. The maximum atomic E-state index is 9.98. The molecule has 1 aromatic carbocycles. The first-order valence-corrected chi connectivity index (χ1v) is 8.53. The number of hydrogen-bond acceptors (Lipinski definition) is 7. The van der Waals surface area contributed by atoms with Crippen LogP contribution in [0.25, 0.3) is 11.2 Å². The highest BCUT2D eigenvalue weighted by atomic mass is 16.5. The number of benzene rings is 1. The number of nitrogens with one attached hydrogen (secondary N) is 1. The number of rotatable bonds is 4. The van der Waals surface area contributed by atoms with Crippen molar-refractivity contribution in [1.82, 2.24) is 19.5 Å². The van der Waals surface area contributed by atoms with Crippen LogP contribution in [0.4, 0.5) is 11.5 Å². The molecule has 1 saturated heterocycles. The van der Waals surface area contributed by atoms with Gasteiger partial charge in [0, 0.05) is 12.1 Å². The van der Waals surface area contributed by atoms with Gasteiger partial charge in [0.05, 0.1) is 19.0 Å². The summed E-state index contributed by atoms with van der Waals surface area (Å²) in [5.74, 6) is 0.614. The molecule has 8 heteroatoms. The Hall–Kier alpha value is -2.55. The standard InChI is InChI=1S/C18H21N5O3/c1-10-4-3-5-11(2)15(10)22-17-16-18(20-8-19-17)23(9-21-16)14-6-12(25)13(7-24)26-14/h3-5,8-9,12-14,24-25H,6-7H2,1-2H3,(H,19,20,22)/t12-,13+,14+/m0/s1. The Morgan fingerprint density at radius 3 is 2.69 bits per heavy atom. The number of ether oxygens (including phenoxy) is 1. The van der Waals surface area contributed by atoms with Crippen LogP contribution >= 0.6 is 0 Å². The van der Waals surface area contributed by atoms with Crippen molar-refractivity contribution in [2.24, 2.45) is 0 Å². The second-order valence-corrected chi connectivity index (χ2v) is 6.55. The van der Waals surface area contributed by atoms with E-state index in [0.29, 0.717) is 23.4 Å². The molecule has 0 unspecified atom stereocenters. The van der Waals surface area contributed by atoms with E-state index in [1.165, 1.54) is 6.33 Å². The minimum Gasteiger partial charge on any atom is -0.394 e. The Bertz CT molecular complexity index is 921. The smallest absolute Gasteiger partial charge is 0.167 e. The average Bonchev–Trinajstić information content (AvgIpc) is 3.21. The molecule has 0 amide bonds. The number of hydrogen-bond donors (Lipinski definition) is 3. The lowest BCUT2D eigenvalue weighted by Gasteiger charge is -2.14. The number of anilines is 2. The lowest BCUT2D eigenvalue weighted by Crippen LogP contribution is -2.24. The van der Waals surface area contributed by atoms with Crippen LogP contribution in [0.2, 0.25) is 0 Å². The van der Waals surface area contributed by atoms with Crippen molar-refractivity contribution < 1.29 is 14.9 Å². The maximum absolute atomic E-state index is 9.98. The third kappa shape index (κ3) is 2.82. The lowest BCUT2D eigenvalue weighted by molar-refractivity contribution is -0.0432. The van der Waals surface area contributed by atoms with Crippen molar-refractivity contribution >= 4 is 22.7 Å². The van der Waals surface area contributed by atoms with E-state index >= 15 is 0 Å². The molecule has 1 fully saturated rings. The summed E-state index contributed by atoms with van der Waals surface area (Å²) in [7, 11) is 0. The van der Waals surface area contributed by atoms with E-state index in [-0.39, 0.29) is 6.61 Å². The van der Waals surface area contributed by atoms with Gasteiger partial charge < -0.3 is 20.3 Å². The quantitative estimate of drug-likeness (QED) is 0.655. The largest absolute Gasteiger partial charge is 0.394 e. The number of aliphatic hydroxyl groups is 2. The fraction of sp³-hybridized carbons (Fsp3) is 0.389. The summed E-state index contributed by atoms with van der Waals surface area (Å²) in [4.78, 5) is 13.1. The third-order valence-corrected chi connectivity index (χ3v) is 4.78. The van der Waals surface area contributed by atoms with E-state index in [4.69, 9.17) is 4.74 Å². The minimum absolute atomic E-state index is 0.224. The zero-order valence-corrected chi connectivity index (χ0v) is 14.6. The van der Waals surface area contributed by atoms with Crippen molar-refractivity contribution in [2.75, 3.05) is 11.9 Å². The Labute approximate surface area is 150 Å². The van der Waals surface area contributed by atoms with E-state index in [9.17, 15) is 10.2 Å². The van der Waals surface area contributed by atoms with E-state index in [2.05, 4.69) is 20.3 Å². The van der Waals surface area contributed by atoms with Gasteiger partial charge in [-0.25, -0.2) is 15.0 Å². The van der Waals surface area contributed by atoms with Crippen LogP contribution in [0.5, 0.6) is 0 Å². The molecule has 1 aliphatic rings. The molecule has 1 aliphatic heterocycles. The fourth-order valence-corrected chi connectivity index (χ4v) is 3.33. The summed E-state index contributed by atoms with van der Waals surface area (Å²) in [6, 6.07) is 6.09. The molecule has 8 nitrogen and oxygen atoms in total. The van der Waals surface area contributed by atoms with Crippen molar-refractivity contribution in [3.8, 4) is 0 Å². The highest BCUT2D eigenvalue weighted by Gasteiger charge is 2.35. The number of para-hydroxylation sites is 1. The van der Waals surface area contributed by atoms with Crippen LogP contribution in [-0.4, -0.2) is 48.5 Å². The lowest BCUT2D eigenvalue weighted by atomic mass is 10.1. The Kier molecular flexibility index (Phi) is 4.31. The number of fused-ring (bicyclic) bond motifs is 1. The van der Waals surface area contributed by atoms with Crippen LogP contribution in [0, 0.1) is 13.8 Å². The van der Waals surface area contributed by atoms with Crippen LogP contribution in [0.1, 0.15) is 23.8 Å². The molecule has 136 valence electrons. The zero-order valence-electron chi connectivity index (χ0n) is 14.6. The van der Waals surface area contributed by atoms with Gasteiger partial charge in [-0.3, -0.25) is 4.57 Å². The molecule has 3 aromatic rings. The molecule has 26 heavy (non-hydrogen) atoms. The number of aromatic nitrogens is 4. The zero-order chi connectivity index (χ0) is 18.3. The molecular weight excluding hydrogens is 334 g/mol. The second-order valence-electron chi connectivity index (χ2n) is 6.55. The Balaban J connectivity index is 1.70. The van der Waals surface area contributed by atoms with Gasteiger partial charge >= 0.3 is 0 Å². The van der Waals surface area contributed by atoms with Crippen LogP contribution in [-0.2, 0) is 4.74 Å². The van der Waals surface area contributed by atoms with Gasteiger partial charge in [-0.2, -0.15) is 0 Å². The highest BCUT2D eigenvalue weighted by Crippen LogP contribution is 2.32. The number of imidazole rings is 1. The summed E-state index contributed by atoms with van der Waals surface area (Å²) in [6.45, 7) is 3.85. The van der Waals surface area contributed by atoms with E-state index < -0.39 is 18.4 Å². The first-order chi connectivity index (χ1) is 12.6. The minimum atomic E-state index is -0.712. The summed E-state index contributed by atoms with van der Waals surface area (Å²) in [6.07, 6.45) is 1.76. The summed E-state index contributed by atoms with van der Waals surface area (Å²) >= 11 is 0. The molecular formula is C18H21N5O3. The van der Waals surface area contributed by atoms with E-state index in [0.717, 1.165) is 16.8 Å². The van der Waals surface area contributed by atoms with Crippen molar-refractivity contribution in [2.45, 2.75) is 38.7 Å². The summed E-state index contributed by atoms with van der Waals surface area (Å²) < 4.78 is 7.48. The molecule has 0 saturated carbocycles. The number of aliphatic hydroxyl groups excluding tert-OH is 2. The third-order valence-electron chi connectivity index (χ3n) is 4.78. The predicted octanol–water partition coefficient (Wildman–Crippen LogP) is 1.83. The van der Waals surface area contributed by atoms with Gasteiger partial charge in [-0.05, 0) is 25.0 Å². The maximum Gasteiger partial charge on any atom is 0.167 e. The van der Waals surface area contributed by atoms with Gasteiger partial charge in [0.1, 0.15) is 18.7 Å². The van der Waals surface area contributed by atoms with Gasteiger partial charge in [-0.1, -0.05) is 18.2 Å². The SMILES string of the molecule is Cc1cccc(C)c1Nc1ncnc2c1ncn2[C@H]1C[C@H](O)[C@@H](CO)O1. The molecule has 0 spiro atoms. The van der Waals surface area contributed by atoms with Crippen LogP contribution < -0.4 is 5.32 Å². The Morgan fingerprint density at radius 1 is 1.23 bits per heavy atom. The summed E-state index contributed by atoms with van der Waals surface area (Å²) in [5, 5.41) is 22.6. The molecule has 3 heterocycles. The second kappa shape index (κ2) is 6.64. The van der Waals surface area contributed by atoms with Gasteiger partial charge in [-0.15, -0.1) is 0 Å². The molecule has 2 aromatic heterocycles. The normalized spacial score (nSPS) is 22.8. The van der Waals surface area contributed by atoms with Gasteiger partial charge in [0.25, 0.3) is 0 Å². The fourth-order valence-electron chi connectivity index (χ4n) is 3.33. The van der Waals surface area contributed by atoms with E-state index in [1.807, 2.05) is 32.0 Å². The van der Waals surface area contributed by atoms with Crippen LogP contribution in [0.15, 0.2) is 30.9 Å². The average molecular weight is 355 g/mol. The summed E-state index contributed by atoms with van der Waals surface area (Å²) in [5.41, 5.74) is 4.47. The monoisotopic (exact) mass is 355 g/mol. The number of nitrogens with zero attached hydrogens (tertiary/aromatic N) is 4. The molecule has 4 rings (SSSR count). The predicted molar refractivity (Wildman–Crippen MR) is 96.1 cm³/mol. The Morgan fingerprint density at radius 2 is 2.00 bits per heavy atom. The molecule has 0 radical (unpaired) electrons. The van der Waals surface area contributed by atoms with Gasteiger partial charge in [0.2, 0.25) is 0 Å². The molecule has 3 N–H and O–H groups in total. The topological polar surface area (TPSA) is 105 Å². The molecule has 0 aliphatic carbocycles. The van der Waals surface area contributed by atoms with E-state index in [1.54, 1.807) is 10.9 Å². The van der Waals surface area contributed by atoms with Crippen LogP contribution in [0.3, 0.4) is 0 Å².